The van der Waals surface area contributed by atoms with Gasteiger partial charge in [0.05, 0.1) is 30.0 Å². The van der Waals surface area contributed by atoms with Gasteiger partial charge in [-0.3, -0.25) is 9.59 Å². The summed E-state index contributed by atoms with van der Waals surface area (Å²) in [4.78, 5) is 44.3. The normalized spacial score (nSPS) is 14.7. The number of benzene rings is 1. The number of fused-ring (bicyclic) bond motifs is 1. The summed E-state index contributed by atoms with van der Waals surface area (Å²) in [5.41, 5.74) is 0.817. The number of ether oxygens (including phenoxy) is 3. The third-order valence-corrected chi connectivity index (χ3v) is 7.96. The predicted octanol–water partition coefficient (Wildman–Crippen LogP) is 0.891. The maximum Gasteiger partial charge on any atom is 0.409 e. The maximum absolute atomic E-state index is 12.6. The molecule has 0 radical (unpaired) electrons. The Bertz CT molecular complexity index is 1290. The van der Waals surface area contributed by atoms with E-state index < -0.39 is 39.3 Å². The molecule has 3 amide bonds. The van der Waals surface area contributed by atoms with Crippen molar-refractivity contribution < 1.29 is 37.0 Å². The highest BCUT2D eigenvalue weighted by Gasteiger charge is 2.28. The Morgan fingerprint density at radius 1 is 1.03 bits per heavy atom. The van der Waals surface area contributed by atoms with Crippen LogP contribution in [0.3, 0.4) is 0 Å². The van der Waals surface area contributed by atoms with Crippen LogP contribution >= 0.6 is 11.3 Å². The van der Waals surface area contributed by atoms with Gasteiger partial charge in [0.25, 0.3) is 5.91 Å². The molecule has 3 rings (SSSR count). The monoisotopic (exact) mass is 556 g/mol. The molecule has 1 aromatic heterocycles. The van der Waals surface area contributed by atoms with Gasteiger partial charge in [-0.2, -0.15) is 4.99 Å². The summed E-state index contributed by atoms with van der Waals surface area (Å²) < 4.78 is 43.5. The number of carbonyl (C=O) groups is 3. The van der Waals surface area contributed by atoms with Crippen molar-refractivity contribution in [1.29, 1.82) is 0 Å². The van der Waals surface area contributed by atoms with Crippen molar-refractivity contribution in [3.8, 4) is 5.75 Å². The quantitative estimate of drug-likeness (QED) is 0.421. The van der Waals surface area contributed by atoms with Gasteiger partial charge in [0.2, 0.25) is 5.91 Å². The van der Waals surface area contributed by atoms with Crippen LogP contribution in [-0.4, -0.2) is 105 Å². The van der Waals surface area contributed by atoms with Gasteiger partial charge in [0.1, 0.15) is 17.3 Å². The molecule has 1 saturated heterocycles. The molecule has 12 nitrogen and oxygen atoms in total. The lowest BCUT2D eigenvalue weighted by Gasteiger charge is -2.34. The molecule has 1 fully saturated rings. The van der Waals surface area contributed by atoms with E-state index in [2.05, 4.69) is 4.99 Å². The van der Waals surface area contributed by atoms with Crippen LogP contribution < -0.4 is 9.54 Å². The lowest BCUT2D eigenvalue weighted by atomic mass is 10.3. The second-order valence-corrected chi connectivity index (χ2v) is 11.3. The molecule has 0 unspecified atom stereocenters. The van der Waals surface area contributed by atoms with Gasteiger partial charge in [-0.25, -0.2) is 13.2 Å². The van der Waals surface area contributed by atoms with Gasteiger partial charge in [0.15, 0.2) is 14.6 Å². The van der Waals surface area contributed by atoms with Crippen LogP contribution in [0.15, 0.2) is 23.2 Å². The fourth-order valence-electron chi connectivity index (χ4n) is 3.80. The number of amides is 3. The number of hydrogen-bond acceptors (Lipinski definition) is 9. The molecule has 0 spiro atoms. The Morgan fingerprint density at radius 3 is 2.38 bits per heavy atom. The minimum Gasteiger partial charge on any atom is -0.494 e. The number of rotatable bonds is 10. The Balaban J connectivity index is 1.69. The summed E-state index contributed by atoms with van der Waals surface area (Å²) in [6, 6.07) is 5.51. The number of methoxy groups -OCH3 is 1. The molecule has 0 N–H and O–H groups in total. The zero-order valence-electron chi connectivity index (χ0n) is 21.2. The highest BCUT2D eigenvalue weighted by Crippen LogP contribution is 2.23. The summed E-state index contributed by atoms with van der Waals surface area (Å²) in [5, 5.41) is 0. The molecule has 0 atom stereocenters. The third-order valence-electron chi connectivity index (χ3n) is 5.55. The first-order valence-electron chi connectivity index (χ1n) is 11.9. The van der Waals surface area contributed by atoms with Crippen LogP contribution in [0.25, 0.3) is 10.2 Å². The SMILES string of the molecule is CCOC(=O)N1CCN(C(=O)CS(=O)(=O)CC(=O)N=c2sc3cc(OCC)ccc3n2CCOC)CC1. The highest BCUT2D eigenvalue weighted by atomic mass is 32.2. The lowest BCUT2D eigenvalue weighted by Crippen LogP contribution is -2.52. The van der Waals surface area contributed by atoms with Crippen molar-refractivity contribution in [2.75, 3.05) is 64.6 Å². The van der Waals surface area contributed by atoms with Crippen molar-refractivity contribution in [1.82, 2.24) is 14.4 Å². The van der Waals surface area contributed by atoms with Crippen molar-refractivity contribution >= 4 is 49.3 Å². The lowest BCUT2D eigenvalue weighted by molar-refractivity contribution is -0.130. The molecular formula is C23H32N4O8S2. The van der Waals surface area contributed by atoms with E-state index in [1.165, 1.54) is 21.1 Å². The van der Waals surface area contributed by atoms with Gasteiger partial charge in [-0.1, -0.05) is 11.3 Å². The molecule has 1 aliphatic heterocycles. The van der Waals surface area contributed by atoms with Gasteiger partial charge in [-0.05, 0) is 32.0 Å². The number of sulfone groups is 1. The zero-order chi connectivity index (χ0) is 27.0. The number of piperazine rings is 1. The Hall–Kier alpha value is -2.97. The Morgan fingerprint density at radius 2 is 1.73 bits per heavy atom. The highest BCUT2D eigenvalue weighted by molar-refractivity contribution is 7.92. The zero-order valence-corrected chi connectivity index (χ0v) is 22.8. The van der Waals surface area contributed by atoms with E-state index in [4.69, 9.17) is 14.2 Å². The maximum atomic E-state index is 12.6. The summed E-state index contributed by atoms with van der Waals surface area (Å²) in [7, 11) is -2.49. The van der Waals surface area contributed by atoms with Gasteiger partial charge >= 0.3 is 6.09 Å². The first kappa shape index (κ1) is 28.6. The van der Waals surface area contributed by atoms with E-state index in [-0.39, 0.29) is 32.8 Å². The van der Waals surface area contributed by atoms with Crippen LogP contribution in [-0.2, 0) is 35.4 Å². The fourth-order valence-corrected chi connectivity index (χ4v) is 6.01. The third kappa shape index (κ3) is 7.76. The largest absolute Gasteiger partial charge is 0.494 e. The van der Waals surface area contributed by atoms with Crippen molar-refractivity contribution in [2.24, 2.45) is 4.99 Å². The van der Waals surface area contributed by atoms with Gasteiger partial charge in [0, 0.05) is 39.8 Å². The van der Waals surface area contributed by atoms with E-state index in [1.54, 1.807) is 18.6 Å². The minimum absolute atomic E-state index is 0.191. The molecule has 1 aromatic carbocycles. The van der Waals surface area contributed by atoms with Crippen molar-refractivity contribution in [3.05, 3.63) is 23.0 Å². The molecule has 2 aromatic rings. The molecule has 204 valence electrons. The number of thiazole rings is 1. The molecule has 14 heteroatoms. The van der Waals surface area contributed by atoms with E-state index in [9.17, 15) is 22.8 Å². The predicted molar refractivity (Wildman–Crippen MR) is 137 cm³/mol. The summed E-state index contributed by atoms with van der Waals surface area (Å²) >= 11 is 1.24. The molecule has 2 heterocycles. The van der Waals surface area contributed by atoms with E-state index >= 15 is 0 Å². The van der Waals surface area contributed by atoms with Crippen LogP contribution in [0.2, 0.25) is 0 Å². The van der Waals surface area contributed by atoms with E-state index in [0.29, 0.717) is 30.3 Å². The second kappa shape index (κ2) is 13.0. The van der Waals surface area contributed by atoms with E-state index in [0.717, 1.165) is 10.2 Å². The van der Waals surface area contributed by atoms with Crippen molar-refractivity contribution in [3.63, 3.8) is 0 Å². The number of nitrogens with zero attached hydrogens (tertiary/aromatic N) is 4. The topological polar surface area (TPSA) is 137 Å². The van der Waals surface area contributed by atoms with Gasteiger partial charge < -0.3 is 28.6 Å². The standard InChI is InChI=1S/C23H32N4O8S2/c1-4-34-17-6-7-18-19(14-17)36-22(27(18)12-13-33-3)24-20(28)15-37(31,32)16-21(29)25-8-10-26(11-9-25)23(30)35-5-2/h6-7,14H,4-5,8-13,15-16H2,1-3H3. The summed E-state index contributed by atoms with van der Waals surface area (Å²) in [6.45, 7) is 6.00. The molecule has 0 aliphatic carbocycles. The first-order chi connectivity index (χ1) is 17.7. The van der Waals surface area contributed by atoms with E-state index in [1.807, 2.05) is 25.1 Å². The Labute approximate surface area is 219 Å². The molecule has 0 saturated carbocycles. The van der Waals surface area contributed by atoms with Crippen LogP contribution in [0.1, 0.15) is 13.8 Å². The number of carbonyl (C=O) groups excluding carboxylic acids is 3. The van der Waals surface area contributed by atoms with Crippen LogP contribution in [0.4, 0.5) is 4.79 Å². The average Bonchev–Trinajstić information content (AvgIpc) is 3.18. The molecule has 1 aliphatic rings. The minimum atomic E-state index is -4.05. The van der Waals surface area contributed by atoms with Crippen LogP contribution in [0.5, 0.6) is 5.75 Å². The smallest absolute Gasteiger partial charge is 0.409 e. The first-order valence-corrected chi connectivity index (χ1v) is 14.5. The van der Waals surface area contributed by atoms with Gasteiger partial charge in [-0.15, -0.1) is 0 Å². The summed E-state index contributed by atoms with van der Waals surface area (Å²) in [6.07, 6.45) is -0.465. The molecule has 0 bridgehead atoms. The second-order valence-electron chi connectivity index (χ2n) is 8.20. The van der Waals surface area contributed by atoms with Crippen LogP contribution in [0, 0.1) is 0 Å². The molecular weight excluding hydrogens is 524 g/mol. The fraction of sp³-hybridized carbons (Fsp3) is 0.565. The number of hydrogen-bond donors (Lipinski definition) is 0. The van der Waals surface area contributed by atoms with Crippen molar-refractivity contribution in [2.45, 2.75) is 20.4 Å². The summed E-state index contributed by atoms with van der Waals surface area (Å²) in [5.74, 6) is -2.48. The number of aromatic nitrogens is 1. The molecule has 37 heavy (non-hydrogen) atoms. The average molecular weight is 557 g/mol. The Kier molecular flexibility index (Phi) is 10.1.